The number of H-pyrrole nitrogens is 1. The van der Waals surface area contributed by atoms with Gasteiger partial charge in [-0.2, -0.15) is 5.10 Å². The molecule has 2 rings (SSSR count). The molecular formula is C10H10ClN3. The first-order valence-corrected chi connectivity index (χ1v) is 4.61. The molecule has 72 valence electrons. The summed E-state index contributed by atoms with van der Waals surface area (Å²) < 4.78 is 0. The van der Waals surface area contributed by atoms with Crippen LogP contribution in [0.25, 0.3) is 11.1 Å². The van der Waals surface area contributed by atoms with Crippen LogP contribution in [0, 0.1) is 6.92 Å². The predicted molar refractivity (Wildman–Crippen MR) is 58.2 cm³/mol. The van der Waals surface area contributed by atoms with Crippen molar-refractivity contribution in [2.75, 3.05) is 5.73 Å². The molecule has 0 radical (unpaired) electrons. The summed E-state index contributed by atoms with van der Waals surface area (Å²) in [5, 5.41) is 7.26. The van der Waals surface area contributed by atoms with Gasteiger partial charge in [0, 0.05) is 10.6 Å². The third kappa shape index (κ3) is 1.59. The number of aryl methyl sites for hydroxylation is 1. The van der Waals surface area contributed by atoms with E-state index >= 15 is 0 Å². The lowest BCUT2D eigenvalue weighted by molar-refractivity contribution is 1.10. The second-order valence-electron chi connectivity index (χ2n) is 3.21. The van der Waals surface area contributed by atoms with Crippen LogP contribution in [-0.4, -0.2) is 10.2 Å². The molecule has 4 heteroatoms. The maximum Gasteiger partial charge on any atom is 0.126 e. The molecule has 0 aliphatic carbocycles. The number of nitrogens with two attached hydrogens (primary N) is 1. The minimum Gasteiger partial charge on any atom is -0.384 e. The van der Waals surface area contributed by atoms with E-state index in [0.29, 0.717) is 10.8 Å². The SMILES string of the molecule is Cc1cc(Cl)cc(-c2cn[nH]c2N)c1. The molecule has 1 heterocycles. The van der Waals surface area contributed by atoms with Gasteiger partial charge in [0.15, 0.2) is 0 Å². The average Bonchev–Trinajstić information content (AvgIpc) is 2.49. The Morgan fingerprint density at radius 2 is 2.14 bits per heavy atom. The molecule has 0 aliphatic rings. The van der Waals surface area contributed by atoms with Crippen LogP contribution < -0.4 is 5.73 Å². The number of nitrogens with zero attached hydrogens (tertiary/aromatic N) is 1. The Labute approximate surface area is 86.9 Å². The first-order valence-electron chi connectivity index (χ1n) is 4.23. The van der Waals surface area contributed by atoms with Gasteiger partial charge in [0.1, 0.15) is 5.82 Å². The first kappa shape index (κ1) is 9.09. The predicted octanol–water partition coefficient (Wildman–Crippen LogP) is 2.62. The molecule has 0 atom stereocenters. The summed E-state index contributed by atoms with van der Waals surface area (Å²) in [4.78, 5) is 0. The van der Waals surface area contributed by atoms with Crippen molar-refractivity contribution < 1.29 is 0 Å². The van der Waals surface area contributed by atoms with Gasteiger partial charge in [-0.25, -0.2) is 0 Å². The standard InChI is InChI=1S/C10H10ClN3/c1-6-2-7(4-8(11)3-6)9-5-13-14-10(9)12/h2-5H,1H3,(H3,12,13,14). The van der Waals surface area contributed by atoms with Crippen LogP contribution in [0.1, 0.15) is 5.56 Å². The Morgan fingerprint density at radius 1 is 1.36 bits per heavy atom. The van der Waals surface area contributed by atoms with Gasteiger partial charge in [0.05, 0.1) is 6.20 Å². The van der Waals surface area contributed by atoms with Crippen LogP contribution in [-0.2, 0) is 0 Å². The summed E-state index contributed by atoms with van der Waals surface area (Å²) in [6.45, 7) is 1.99. The number of hydrogen-bond acceptors (Lipinski definition) is 2. The summed E-state index contributed by atoms with van der Waals surface area (Å²) in [5.41, 5.74) is 8.69. The number of rotatable bonds is 1. The van der Waals surface area contributed by atoms with Crippen LogP contribution in [0.5, 0.6) is 0 Å². The first-order chi connectivity index (χ1) is 6.66. The van der Waals surface area contributed by atoms with Crippen LogP contribution >= 0.6 is 11.6 Å². The molecule has 1 aromatic carbocycles. The zero-order valence-corrected chi connectivity index (χ0v) is 8.47. The van der Waals surface area contributed by atoms with E-state index in [1.165, 1.54) is 0 Å². The molecular weight excluding hydrogens is 198 g/mol. The Balaban J connectivity index is 2.57. The number of halogens is 1. The Bertz CT molecular complexity index is 442. The van der Waals surface area contributed by atoms with E-state index in [2.05, 4.69) is 10.2 Å². The second kappa shape index (κ2) is 3.35. The number of aromatic amines is 1. The van der Waals surface area contributed by atoms with Crippen LogP contribution in [0.4, 0.5) is 5.82 Å². The molecule has 0 bridgehead atoms. The molecule has 0 amide bonds. The van der Waals surface area contributed by atoms with Crippen LogP contribution in [0.3, 0.4) is 0 Å². The van der Waals surface area contributed by atoms with Crippen LogP contribution in [0.15, 0.2) is 24.4 Å². The lowest BCUT2D eigenvalue weighted by Crippen LogP contribution is -1.88. The van der Waals surface area contributed by atoms with Gasteiger partial charge >= 0.3 is 0 Å². The second-order valence-corrected chi connectivity index (χ2v) is 3.65. The van der Waals surface area contributed by atoms with Gasteiger partial charge in [0.25, 0.3) is 0 Å². The van der Waals surface area contributed by atoms with Crippen molar-refractivity contribution in [1.29, 1.82) is 0 Å². The zero-order chi connectivity index (χ0) is 10.1. The number of nitrogens with one attached hydrogen (secondary N) is 1. The third-order valence-electron chi connectivity index (χ3n) is 2.02. The van der Waals surface area contributed by atoms with Crippen molar-refractivity contribution >= 4 is 17.4 Å². The summed E-state index contributed by atoms with van der Waals surface area (Å²) in [7, 11) is 0. The maximum absolute atomic E-state index is 5.95. The number of benzene rings is 1. The molecule has 1 aromatic heterocycles. The Kier molecular flexibility index (Phi) is 2.17. The van der Waals surface area contributed by atoms with Crippen molar-refractivity contribution in [1.82, 2.24) is 10.2 Å². The van der Waals surface area contributed by atoms with Gasteiger partial charge < -0.3 is 5.73 Å². The molecule has 0 saturated carbocycles. The summed E-state index contributed by atoms with van der Waals surface area (Å²) in [5.74, 6) is 0.562. The molecule has 0 unspecified atom stereocenters. The number of hydrogen-bond donors (Lipinski definition) is 2. The van der Waals surface area contributed by atoms with E-state index in [0.717, 1.165) is 16.7 Å². The van der Waals surface area contributed by atoms with Crippen molar-refractivity contribution in [3.8, 4) is 11.1 Å². The molecule has 2 aromatic rings. The normalized spacial score (nSPS) is 10.4. The summed E-state index contributed by atoms with van der Waals surface area (Å²) in [6.07, 6.45) is 1.69. The maximum atomic E-state index is 5.95. The summed E-state index contributed by atoms with van der Waals surface area (Å²) >= 11 is 5.95. The van der Waals surface area contributed by atoms with Crippen molar-refractivity contribution in [2.45, 2.75) is 6.92 Å². The Hall–Kier alpha value is -1.48. The van der Waals surface area contributed by atoms with Gasteiger partial charge in [-0.1, -0.05) is 17.7 Å². The van der Waals surface area contributed by atoms with Crippen LogP contribution in [0.2, 0.25) is 5.02 Å². The highest BCUT2D eigenvalue weighted by Crippen LogP contribution is 2.27. The fraction of sp³-hybridized carbons (Fsp3) is 0.100. The smallest absolute Gasteiger partial charge is 0.126 e. The molecule has 3 nitrogen and oxygen atoms in total. The topological polar surface area (TPSA) is 54.7 Å². The molecule has 0 spiro atoms. The number of nitrogen functional groups attached to an aromatic ring is 1. The van der Waals surface area contributed by atoms with E-state index in [9.17, 15) is 0 Å². The molecule has 3 N–H and O–H groups in total. The van der Waals surface area contributed by atoms with E-state index in [4.69, 9.17) is 17.3 Å². The molecule has 0 fully saturated rings. The van der Waals surface area contributed by atoms with E-state index in [1.54, 1.807) is 6.20 Å². The average molecular weight is 208 g/mol. The summed E-state index contributed by atoms with van der Waals surface area (Å²) in [6, 6.07) is 5.80. The quantitative estimate of drug-likeness (QED) is 0.755. The fourth-order valence-corrected chi connectivity index (χ4v) is 1.71. The largest absolute Gasteiger partial charge is 0.384 e. The monoisotopic (exact) mass is 207 g/mol. The Morgan fingerprint density at radius 3 is 2.71 bits per heavy atom. The fourth-order valence-electron chi connectivity index (χ4n) is 1.42. The van der Waals surface area contributed by atoms with Crippen molar-refractivity contribution in [3.63, 3.8) is 0 Å². The highest BCUT2D eigenvalue weighted by atomic mass is 35.5. The van der Waals surface area contributed by atoms with Gasteiger partial charge in [0.2, 0.25) is 0 Å². The highest BCUT2D eigenvalue weighted by Gasteiger charge is 2.05. The molecule has 0 saturated heterocycles. The van der Waals surface area contributed by atoms with E-state index in [-0.39, 0.29) is 0 Å². The zero-order valence-electron chi connectivity index (χ0n) is 7.71. The molecule has 14 heavy (non-hydrogen) atoms. The minimum atomic E-state index is 0.562. The lowest BCUT2D eigenvalue weighted by atomic mass is 10.1. The van der Waals surface area contributed by atoms with Gasteiger partial charge in [-0.15, -0.1) is 0 Å². The lowest BCUT2D eigenvalue weighted by Gasteiger charge is -2.02. The van der Waals surface area contributed by atoms with Crippen molar-refractivity contribution in [2.24, 2.45) is 0 Å². The van der Waals surface area contributed by atoms with Crippen molar-refractivity contribution in [3.05, 3.63) is 35.0 Å². The number of aromatic nitrogens is 2. The van der Waals surface area contributed by atoms with E-state index < -0.39 is 0 Å². The third-order valence-corrected chi connectivity index (χ3v) is 2.24. The van der Waals surface area contributed by atoms with Gasteiger partial charge in [-0.05, 0) is 30.2 Å². The molecule has 0 aliphatic heterocycles. The minimum absolute atomic E-state index is 0.562. The van der Waals surface area contributed by atoms with E-state index in [1.807, 2.05) is 25.1 Å². The highest BCUT2D eigenvalue weighted by molar-refractivity contribution is 6.31. The van der Waals surface area contributed by atoms with Gasteiger partial charge in [-0.3, -0.25) is 5.10 Å². The number of anilines is 1.